The van der Waals surface area contributed by atoms with Crippen LogP contribution in [0.1, 0.15) is 6.92 Å². The highest BCUT2D eigenvalue weighted by Gasteiger charge is 1.97. The summed E-state index contributed by atoms with van der Waals surface area (Å²) in [6.07, 6.45) is 0. The Kier molecular flexibility index (Phi) is 6.36. The summed E-state index contributed by atoms with van der Waals surface area (Å²) < 4.78 is 0. The molecule has 0 saturated heterocycles. The summed E-state index contributed by atoms with van der Waals surface area (Å²) in [4.78, 5) is 12.2. The molecule has 0 amide bonds. The summed E-state index contributed by atoms with van der Waals surface area (Å²) in [5.74, 6) is 0.392. The Balaban J connectivity index is 3.08. The van der Waals surface area contributed by atoms with E-state index in [-0.39, 0.29) is 5.75 Å². The molecule has 4 heteroatoms. The first kappa shape index (κ1) is 10.8. The third kappa shape index (κ3) is 7.68. The molecular weight excluding hydrogens is 162 g/mol. The highest BCUT2D eigenvalue weighted by Crippen LogP contribution is 1.99. The Bertz CT molecular complexity index is 119. The van der Waals surface area contributed by atoms with Gasteiger partial charge in [-0.1, -0.05) is 6.92 Å². The monoisotopic (exact) mass is 177 g/mol. The maximum Gasteiger partial charge on any atom is 0.313 e. The van der Waals surface area contributed by atoms with Gasteiger partial charge in [-0.2, -0.15) is 0 Å². The van der Waals surface area contributed by atoms with E-state index in [0.29, 0.717) is 0 Å². The van der Waals surface area contributed by atoms with Gasteiger partial charge in [-0.3, -0.25) is 4.79 Å². The normalized spacial score (nSPS) is 10.5. The molecule has 0 aliphatic carbocycles. The summed E-state index contributed by atoms with van der Waals surface area (Å²) >= 11 is 1.46. The minimum atomic E-state index is -0.728. The molecular formula is C7H15NO2S. The lowest BCUT2D eigenvalue weighted by atomic mass is 10.6. The van der Waals surface area contributed by atoms with Gasteiger partial charge in [0.2, 0.25) is 0 Å². The quantitative estimate of drug-likeness (QED) is 0.608. The van der Waals surface area contributed by atoms with Gasteiger partial charge in [0.15, 0.2) is 0 Å². The molecule has 0 aromatic carbocycles. The van der Waals surface area contributed by atoms with Gasteiger partial charge in [0, 0.05) is 12.3 Å². The van der Waals surface area contributed by atoms with Crippen molar-refractivity contribution in [3.8, 4) is 0 Å². The van der Waals surface area contributed by atoms with Gasteiger partial charge >= 0.3 is 5.97 Å². The highest BCUT2D eigenvalue weighted by atomic mass is 32.2. The molecule has 11 heavy (non-hydrogen) atoms. The summed E-state index contributed by atoms with van der Waals surface area (Å²) in [6, 6.07) is 0. The second kappa shape index (κ2) is 6.49. The first-order chi connectivity index (χ1) is 5.16. The molecule has 1 N–H and O–H groups in total. The van der Waals surface area contributed by atoms with Crippen molar-refractivity contribution in [1.82, 2.24) is 4.90 Å². The number of aliphatic carboxylic acids is 1. The molecule has 0 unspecified atom stereocenters. The van der Waals surface area contributed by atoms with Gasteiger partial charge in [-0.05, 0) is 13.6 Å². The van der Waals surface area contributed by atoms with Gasteiger partial charge < -0.3 is 10.0 Å². The fraction of sp³-hybridized carbons (Fsp3) is 0.857. The van der Waals surface area contributed by atoms with E-state index in [9.17, 15) is 4.79 Å². The lowest BCUT2D eigenvalue weighted by molar-refractivity contribution is -0.133. The SMILES string of the molecule is CCN(C)CCSCC(=O)O. The molecule has 0 aromatic heterocycles. The van der Waals surface area contributed by atoms with Crippen LogP contribution < -0.4 is 0 Å². The number of carboxylic acids is 1. The third-order valence-electron chi connectivity index (χ3n) is 1.38. The zero-order valence-corrected chi connectivity index (χ0v) is 7.86. The molecule has 0 fully saturated rings. The Morgan fingerprint density at radius 3 is 2.73 bits per heavy atom. The van der Waals surface area contributed by atoms with E-state index < -0.39 is 5.97 Å². The Morgan fingerprint density at radius 2 is 2.27 bits per heavy atom. The van der Waals surface area contributed by atoms with E-state index >= 15 is 0 Å². The molecule has 0 saturated carbocycles. The van der Waals surface area contributed by atoms with Crippen molar-refractivity contribution in [3.05, 3.63) is 0 Å². The Hall–Kier alpha value is -0.220. The minimum absolute atomic E-state index is 0.220. The maximum atomic E-state index is 10.1. The average Bonchev–Trinajstić information content (AvgIpc) is 1.97. The minimum Gasteiger partial charge on any atom is -0.481 e. The van der Waals surface area contributed by atoms with Crippen LogP contribution in [-0.2, 0) is 4.79 Å². The summed E-state index contributed by atoms with van der Waals surface area (Å²) in [7, 11) is 2.03. The molecule has 3 nitrogen and oxygen atoms in total. The number of thioether (sulfide) groups is 1. The van der Waals surface area contributed by atoms with Crippen LogP contribution in [0.2, 0.25) is 0 Å². The van der Waals surface area contributed by atoms with Crippen molar-refractivity contribution in [1.29, 1.82) is 0 Å². The van der Waals surface area contributed by atoms with Crippen LogP contribution in [0.15, 0.2) is 0 Å². The summed E-state index contributed by atoms with van der Waals surface area (Å²) in [6.45, 7) is 4.07. The van der Waals surface area contributed by atoms with Crippen LogP contribution >= 0.6 is 11.8 Å². The number of nitrogens with zero attached hydrogens (tertiary/aromatic N) is 1. The van der Waals surface area contributed by atoms with Crippen LogP contribution in [-0.4, -0.2) is 47.6 Å². The molecule has 66 valence electrons. The average molecular weight is 177 g/mol. The second-order valence-electron chi connectivity index (χ2n) is 2.34. The lowest BCUT2D eigenvalue weighted by Gasteiger charge is -2.11. The van der Waals surface area contributed by atoms with Crippen molar-refractivity contribution in [2.24, 2.45) is 0 Å². The van der Waals surface area contributed by atoms with Crippen molar-refractivity contribution in [2.75, 3.05) is 31.6 Å². The van der Waals surface area contributed by atoms with Crippen molar-refractivity contribution in [3.63, 3.8) is 0 Å². The van der Waals surface area contributed by atoms with Crippen LogP contribution in [0.3, 0.4) is 0 Å². The predicted octanol–water partition coefficient (Wildman–Crippen LogP) is 0.756. The van der Waals surface area contributed by atoms with E-state index in [1.807, 2.05) is 7.05 Å². The van der Waals surface area contributed by atoms with Crippen LogP contribution in [0.4, 0.5) is 0 Å². The first-order valence-corrected chi connectivity index (χ1v) is 4.80. The molecule has 0 rings (SSSR count). The third-order valence-corrected chi connectivity index (χ3v) is 2.31. The molecule has 0 radical (unpaired) electrons. The number of hydrogen-bond acceptors (Lipinski definition) is 3. The second-order valence-corrected chi connectivity index (χ2v) is 3.45. The molecule has 0 spiro atoms. The molecule has 0 aliphatic heterocycles. The van der Waals surface area contributed by atoms with Gasteiger partial charge in [0.25, 0.3) is 0 Å². The van der Waals surface area contributed by atoms with Crippen molar-refractivity contribution < 1.29 is 9.90 Å². The Labute approximate surface area is 71.8 Å². The smallest absolute Gasteiger partial charge is 0.313 e. The number of carbonyl (C=O) groups is 1. The first-order valence-electron chi connectivity index (χ1n) is 3.65. The number of rotatable bonds is 6. The van der Waals surface area contributed by atoms with Gasteiger partial charge in [-0.15, -0.1) is 11.8 Å². The van der Waals surface area contributed by atoms with Crippen molar-refractivity contribution >= 4 is 17.7 Å². The molecule has 0 heterocycles. The van der Waals surface area contributed by atoms with Crippen LogP contribution in [0, 0.1) is 0 Å². The van der Waals surface area contributed by atoms with E-state index in [1.54, 1.807) is 0 Å². The van der Waals surface area contributed by atoms with Gasteiger partial charge in [0.05, 0.1) is 5.75 Å². The van der Waals surface area contributed by atoms with Crippen molar-refractivity contribution in [2.45, 2.75) is 6.92 Å². The van der Waals surface area contributed by atoms with E-state index in [2.05, 4.69) is 11.8 Å². The zero-order valence-electron chi connectivity index (χ0n) is 7.04. The summed E-state index contributed by atoms with van der Waals surface area (Å²) in [5, 5.41) is 8.30. The summed E-state index contributed by atoms with van der Waals surface area (Å²) in [5.41, 5.74) is 0. The standard InChI is InChI=1S/C7H15NO2S/c1-3-8(2)4-5-11-6-7(9)10/h3-6H2,1-2H3,(H,9,10). The topological polar surface area (TPSA) is 40.5 Å². The molecule has 0 bridgehead atoms. The van der Waals surface area contributed by atoms with E-state index in [1.165, 1.54) is 11.8 Å². The lowest BCUT2D eigenvalue weighted by Crippen LogP contribution is -2.20. The highest BCUT2D eigenvalue weighted by molar-refractivity contribution is 7.99. The number of hydrogen-bond donors (Lipinski definition) is 1. The maximum absolute atomic E-state index is 10.1. The fourth-order valence-corrected chi connectivity index (χ4v) is 1.30. The Morgan fingerprint density at radius 1 is 1.64 bits per heavy atom. The zero-order chi connectivity index (χ0) is 8.69. The number of carboxylic acid groups (broad SMARTS) is 1. The fourth-order valence-electron chi connectivity index (χ4n) is 0.538. The molecule has 0 aliphatic rings. The van der Waals surface area contributed by atoms with Gasteiger partial charge in [0.1, 0.15) is 0 Å². The van der Waals surface area contributed by atoms with Crippen LogP contribution in [0.25, 0.3) is 0 Å². The molecule has 0 aromatic rings. The van der Waals surface area contributed by atoms with E-state index in [0.717, 1.165) is 18.8 Å². The van der Waals surface area contributed by atoms with Crippen LogP contribution in [0.5, 0.6) is 0 Å². The predicted molar refractivity (Wildman–Crippen MR) is 48.1 cm³/mol. The molecule has 0 atom stereocenters. The van der Waals surface area contributed by atoms with Gasteiger partial charge in [-0.25, -0.2) is 0 Å². The largest absolute Gasteiger partial charge is 0.481 e. The van der Waals surface area contributed by atoms with E-state index in [4.69, 9.17) is 5.11 Å².